The molecule has 0 unspecified atom stereocenters. The monoisotopic (exact) mass is 413 g/mol. The number of amides is 2. The standard InChI is InChI=1S/C19H19N5O2S2/c1-12(17(26)22-15-9-7-14(8-10-15)16(20)25)27-19-24-23-18(28-19)21-11-13-5-3-2-4-6-13/h2-10,12H,11H2,1H3,(H2,20,25)(H,21,23)(H,22,26)/t12-/m0/s1. The molecule has 0 saturated heterocycles. The molecule has 2 amide bonds. The van der Waals surface area contributed by atoms with Crippen molar-refractivity contribution >= 4 is 45.7 Å². The van der Waals surface area contributed by atoms with Crippen LogP contribution in [0.15, 0.2) is 58.9 Å². The molecule has 0 radical (unpaired) electrons. The highest BCUT2D eigenvalue weighted by molar-refractivity contribution is 8.02. The van der Waals surface area contributed by atoms with E-state index in [-0.39, 0.29) is 11.2 Å². The number of primary amides is 1. The number of thioether (sulfide) groups is 1. The van der Waals surface area contributed by atoms with Crippen molar-refractivity contribution < 1.29 is 9.59 Å². The molecular formula is C19H19N5O2S2. The minimum atomic E-state index is -0.505. The highest BCUT2D eigenvalue weighted by Gasteiger charge is 2.17. The normalized spacial score (nSPS) is 11.6. The Kier molecular flexibility index (Phi) is 6.62. The molecule has 28 heavy (non-hydrogen) atoms. The molecule has 144 valence electrons. The molecule has 7 nitrogen and oxygen atoms in total. The van der Waals surface area contributed by atoms with Crippen molar-refractivity contribution in [3.05, 3.63) is 65.7 Å². The van der Waals surface area contributed by atoms with Gasteiger partial charge in [-0.05, 0) is 36.8 Å². The van der Waals surface area contributed by atoms with Crippen molar-refractivity contribution in [1.82, 2.24) is 10.2 Å². The lowest BCUT2D eigenvalue weighted by molar-refractivity contribution is -0.115. The predicted molar refractivity (Wildman–Crippen MR) is 113 cm³/mol. The highest BCUT2D eigenvalue weighted by Crippen LogP contribution is 2.29. The number of nitrogens with one attached hydrogen (secondary N) is 2. The first kappa shape index (κ1) is 19.8. The van der Waals surface area contributed by atoms with Gasteiger partial charge < -0.3 is 16.4 Å². The number of rotatable bonds is 8. The quantitative estimate of drug-likeness (QED) is 0.489. The Balaban J connectivity index is 1.51. The van der Waals surface area contributed by atoms with Gasteiger partial charge in [0.1, 0.15) is 0 Å². The SMILES string of the molecule is C[C@H](Sc1nnc(NCc2ccccc2)s1)C(=O)Nc1ccc(C(N)=O)cc1. The Labute approximate surface area is 170 Å². The molecule has 1 atom stereocenters. The molecule has 0 aliphatic carbocycles. The van der Waals surface area contributed by atoms with E-state index in [4.69, 9.17) is 5.73 Å². The summed E-state index contributed by atoms with van der Waals surface area (Å²) in [4.78, 5) is 23.5. The number of aromatic nitrogens is 2. The van der Waals surface area contributed by atoms with Gasteiger partial charge in [0.25, 0.3) is 0 Å². The average molecular weight is 414 g/mol. The van der Waals surface area contributed by atoms with E-state index in [1.807, 2.05) is 30.3 Å². The molecule has 0 spiro atoms. The molecule has 0 saturated carbocycles. The molecule has 0 aliphatic heterocycles. The number of hydrogen-bond donors (Lipinski definition) is 3. The Bertz CT molecular complexity index is 944. The second kappa shape index (κ2) is 9.34. The van der Waals surface area contributed by atoms with E-state index in [0.717, 1.165) is 5.56 Å². The molecule has 2 aromatic carbocycles. The third-order valence-corrected chi connectivity index (χ3v) is 5.84. The van der Waals surface area contributed by atoms with Crippen LogP contribution in [0.4, 0.5) is 10.8 Å². The molecule has 1 aromatic heterocycles. The van der Waals surface area contributed by atoms with E-state index in [1.54, 1.807) is 31.2 Å². The molecule has 0 fully saturated rings. The lowest BCUT2D eigenvalue weighted by Gasteiger charge is -2.10. The van der Waals surface area contributed by atoms with Crippen molar-refractivity contribution in [2.45, 2.75) is 23.1 Å². The molecular weight excluding hydrogens is 394 g/mol. The highest BCUT2D eigenvalue weighted by atomic mass is 32.2. The van der Waals surface area contributed by atoms with Gasteiger partial charge >= 0.3 is 0 Å². The summed E-state index contributed by atoms with van der Waals surface area (Å²) >= 11 is 2.75. The van der Waals surface area contributed by atoms with E-state index in [1.165, 1.54) is 23.1 Å². The summed E-state index contributed by atoms with van der Waals surface area (Å²) in [6.45, 7) is 2.47. The van der Waals surface area contributed by atoms with Crippen LogP contribution >= 0.6 is 23.1 Å². The lowest BCUT2D eigenvalue weighted by atomic mass is 10.2. The third kappa shape index (κ3) is 5.54. The molecule has 3 aromatic rings. The Morgan fingerprint density at radius 1 is 1.11 bits per heavy atom. The van der Waals surface area contributed by atoms with E-state index in [9.17, 15) is 9.59 Å². The van der Waals surface area contributed by atoms with Crippen molar-refractivity contribution in [3.63, 3.8) is 0 Å². The maximum Gasteiger partial charge on any atom is 0.248 e. The van der Waals surface area contributed by atoms with Gasteiger partial charge in [-0.1, -0.05) is 53.4 Å². The van der Waals surface area contributed by atoms with E-state index in [0.29, 0.717) is 27.3 Å². The van der Waals surface area contributed by atoms with Crippen molar-refractivity contribution in [2.75, 3.05) is 10.6 Å². The minimum Gasteiger partial charge on any atom is -0.366 e. The average Bonchev–Trinajstić information content (AvgIpc) is 3.15. The second-order valence-electron chi connectivity index (χ2n) is 5.90. The second-order valence-corrected chi connectivity index (χ2v) is 8.47. The molecule has 3 rings (SSSR count). The first-order chi connectivity index (χ1) is 13.5. The van der Waals surface area contributed by atoms with Crippen LogP contribution in [0.2, 0.25) is 0 Å². The van der Waals surface area contributed by atoms with Crippen molar-refractivity contribution in [2.24, 2.45) is 5.73 Å². The van der Waals surface area contributed by atoms with Crippen LogP contribution in [0.3, 0.4) is 0 Å². The zero-order chi connectivity index (χ0) is 19.9. The summed E-state index contributed by atoms with van der Waals surface area (Å²) in [6, 6.07) is 16.5. The fraction of sp³-hybridized carbons (Fsp3) is 0.158. The summed E-state index contributed by atoms with van der Waals surface area (Å²) in [5.74, 6) is -0.666. The largest absolute Gasteiger partial charge is 0.366 e. The number of carbonyl (C=O) groups excluding carboxylic acids is 2. The van der Waals surface area contributed by atoms with E-state index in [2.05, 4.69) is 20.8 Å². The van der Waals surface area contributed by atoms with Crippen LogP contribution in [0, 0.1) is 0 Å². The zero-order valence-electron chi connectivity index (χ0n) is 15.1. The van der Waals surface area contributed by atoms with Gasteiger partial charge in [0.2, 0.25) is 16.9 Å². The van der Waals surface area contributed by atoms with Crippen LogP contribution < -0.4 is 16.4 Å². The Morgan fingerprint density at radius 2 is 1.82 bits per heavy atom. The lowest BCUT2D eigenvalue weighted by Crippen LogP contribution is -2.22. The number of nitrogens with zero attached hydrogens (tertiary/aromatic N) is 2. The van der Waals surface area contributed by atoms with Crippen molar-refractivity contribution in [1.29, 1.82) is 0 Å². The number of anilines is 2. The maximum atomic E-state index is 12.4. The number of nitrogens with two attached hydrogens (primary N) is 1. The van der Waals surface area contributed by atoms with Crippen LogP contribution in [0.5, 0.6) is 0 Å². The van der Waals surface area contributed by atoms with Gasteiger partial charge in [-0.2, -0.15) is 0 Å². The summed E-state index contributed by atoms with van der Waals surface area (Å²) in [6.07, 6.45) is 0. The fourth-order valence-corrected chi connectivity index (χ4v) is 4.16. The summed E-state index contributed by atoms with van der Waals surface area (Å²) < 4.78 is 0.710. The third-order valence-electron chi connectivity index (χ3n) is 3.78. The van der Waals surface area contributed by atoms with Gasteiger partial charge in [-0.15, -0.1) is 10.2 Å². The molecule has 1 heterocycles. The van der Waals surface area contributed by atoms with E-state index < -0.39 is 5.91 Å². The van der Waals surface area contributed by atoms with Gasteiger partial charge in [-0.3, -0.25) is 9.59 Å². The fourth-order valence-electron chi connectivity index (χ4n) is 2.27. The first-order valence-electron chi connectivity index (χ1n) is 8.50. The Morgan fingerprint density at radius 3 is 2.50 bits per heavy atom. The minimum absolute atomic E-state index is 0.161. The summed E-state index contributed by atoms with van der Waals surface area (Å²) in [5, 5.41) is 14.6. The smallest absolute Gasteiger partial charge is 0.248 e. The van der Waals surface area contributed by atoms with Gasteiger partial charge in [0.15, 0.2) is 4.34 Å². The topological polar surface area (TPSA) is 110 Å². The van der Waals surface area contributed by atoms with Crippen LogP contribution in [-0.2, 0) is 11.3 Å². The van der Waals surface area contributed by atoms with Crippen LogP contribution in [-0.4, -0.2) is 27.3 Å². The Hall–Kier alpha value is -2.91. The number of carbonyl (C=O) groups is 2. The van der Waals surface area contributed by atoms with Gasteiger partial charge in [0, 0.05) is 17.8 Å². The zero-order valence-corrected chi connectivity index (χ0v) is 16.7. The molecule has 0 bridgehead atoms. The number of hydrogen-bond acceptors (Lipinski definition) is 7. The summed E-state index contributed by atoms with van der Waals surface area (Å²) in [5.41, 5.74) is 7.36. The summed E-state index contributed by atoms with van der Waals surface area (Å²) in [7, 11) is 0. The van der Waals surface area contributed by atoms with Gasteiger partial charge in [-0.25, -0.2) is 0 Å². The van der Waals surface area contributed by atoms with Crippen molar-refractivity contribution in [3.8, 4) is 0 Å². The maximum absolute atomic E-state index is 12.4. The molecule has 4 N–H and O–H groups in total. The molecule has 0 aliphatic rings. The predicted octanol–water partition coefficient (Wildman–Crippen LogP) is 3.37. The molecule has 9 heteroatoms. The van der Waals surface area contributed by atoms with E-state index >= 15 is 0 Å². The van der Waals surface area contributed by atoms with Crippen LogP contribution in [0.1, 0.15) is 22.8 Å². The van der Waals surface area contributed by atoms with Gasteiger partial charge in [0.05, 0.1) is 5.25 Å². The number of benzene rings is 2. The van der Waals surface area contributed by atoms with Crippen LogP contribution in [0.25, 0.3) is 0 Å². The first-order valence-corrected chi connectivity index (χ1v) is 10.2.